The summed E-state index contributed by atoms with van der Waals surface area (Å²) >= 11 is 1.47. The Balaban J connectivity index is 1.94. The summed E-state index contributed by atoms with van der Waals surface area (Å²) in [6, 6.07) is 0. The molecule has 1 aromatic heterocycles. The fourth-order valence-corrected chi connectivity index (χ4v) is 1.93. The largest absolute Gasteiger partial charge is 0.458 e. The zero-order valence-electron chi connectivity index (χ0n) is 8.32. The van der Waals surface area contributed by atoms with Gasteiger partial charge in [0.25, 0.3) is 0 Å². The number of nitrogens with zero attached hydrogens (tertiary/aromatic N) is 1. The lowest BCUT2D eigenvalue weighted by Gasteiger charge is -2.10. The number of aromatic nitrogens is 1. The van der Waals surface area contributed by atoms with E-state index >= 15 is 0 Å². The quantitative estimate of drug-likeness (QED) is 0.721. The van der Waals surface area contributed by atoms with E-state index in [0.717, 1.165) is 5.01 Å². The Morgan fingerprint density at radius 3 is 2.93 bits per heavy atom. The van der Waals surface area contributed by atoms with E-state index in [1.807, 2.05) is 13.8 Å². The van der Waals surface area contributed by atoms with Crippen LogP contribution < -0.4 is 0 Å². The van der Waals surface area contributed by atoms with Gasteiger partial charge < -0.3 is 4.74 Å². The van der Waals surface area contributed by atoms with Crippen LogP contribution in [-0.2, 0) is 4.74 Å². The molecule has 1 saturated carbocycles. The molecular weight excluding hydrogens is 198 g/mol. The van der Waals surface area contributed by atoms with E-state index in [9.17, 15) is 4.79 Å². The summed E-state index contributed by atoms with van der Waals surface area (Å²) in [6.45, 7) is 3.83. The highest BCUT2D eigenvalue weighted by atomic mass is 32.1. The maximum absolute atomic E-state index is 11.5. The molecule has 0 saturated heterocycles. The molecule has 1 aliphatic carbocycles. The smallest absolute Gasteiger partial charge is 0.358 e. The zero-order valence-corrected chi connectivity index (χ0v) is 9.13. The number of hydrogen-bond donors (Lipinski definition) is 0. The molecule has 1 fully saturated rings. The van der Waals surface area contributed by atoms with Gasteiger partial charge in [-0.15, -0.1) is 11.3 Å². The molecule has 0 aromatic carbocycles. The second-order valence-corrected chi connectivity index (χ2v) is 4.76. The topological polar surface area (TPSA) is 39.2 Å². The summed E-state index contributed by atoms with van der Waals surface area (Å²) in [5.74, 6) is 0.299. The molecule has 76 valence electrons. The van der Waals surface area contributed by atoms with E-state index in [2.05, 4.69) is 4.98 Å². The maximum atomic E-state index is 11.5. The van der Waals surface area contributed by atoms with E-state index < -0.39 is 0 Å². The van der Waals surface area contributed by atoms with Crippen molar-refractivity contribution in [3.63, 3.8) is 0 Å². The van der Waals surface area contributed by atoms with Gasteiger partial charge in [0, 0.05) is 5.38 Å². The third-order valence-electron chi connectivity index (χ3n) is 2.41. The van der Waals surface area contributed by atoms with Crippen molar-refractivity contribution in [1.82, 2.24) is 4.98 Å². The first-order valence-electron chi connectivity index (χ1n) is 4.80. The lowest BCUT2D eigenvalue weighted by molar-refractivity contribution is 0.0288. The molecule has 4 heteroatoms. The first-order valence-corrected chi connectivity index (χ1v) is 5.68. The van der Waals surface area contributed by atoms with Crippen LogP contribution in [-0.4, -0.2) is 17.1 Å². The van der Waals surface area contributed by atoms with Gasteiger partial charge in [0.05, 0.1) is 5.01 Å². The SMILES string of the molecule is Cc1nc(C(=O)O[C@@H](C)C2CC2)cs1. The zero-order chi connectivity index (χ0) is 10.1. The van der Waals surface area contributed by atoms with Gasteiger partial charge >= 0.3 is 5.97 Å². The van der Waals surface area contributed by atoms with E-state index in [4.69, 9.17) is 4.74 Å². The second-order valence-electron chi connectivity index (χ2n) is 3.70. The third-order valence-corrected chi connectivity index (χ3v) is 3.18. The molecule has 0 spiro atoms. The Labute approximate surface area is 87.1 Å². The molecule has 0 N–H and O–H groups in total. The minimum absolute atomic E-state index is 0.0458. The van der Waals surface area contributed by atoms with Crippen LogP contribution in [0.25, 0.3) is 0 Å². The van der Waals surface area contributed by atoms with Crippen molar-refractivity contribution in [1.29, 1.82) is 0 Å². The fourth-order valence-electron chi connectivity index (χ4n) is 1.35. The highest BCUT2D eigenvalue weighted by molar-refractivity contribution is 7.09. The van der Waals surface area contributed by atoms with Gasteiger partial charge in [0.1, 0.15) is 6.10 Å². The average Bonchev–Trinajstić information content (AvgIpc) is 2.89. The second kappa shape index (κ2) is 3.69. The fraction of sp³-hybridized carbons (Fsp3) is 0.600. The van der Waals surface area contributed by atoms with Crippen LogP contribution in [0.1, 0.15) is 35.3 Å². The van der Waals surface area contributed by atoms with Crippen LogP contribution in [0, 0.1) is 12.8 Å². The van der Waals surface area contributed by atoms with Crippen molar-refractivity contribution in [3.8, 4) is 0 Å². The standard InChI is InChI=1S/C10H13NO2S/c1-6(8-3-4-8)13-10(12)9-5-14-7(2)11-9/h5-6,8H,3-4H2,1-2H3/t6-/m0/s1. The molecule has 0 radical (unpaired) electrons. The first kappa shape index (κ1) is 9.65. The Hall–Kier alpha value is -0.900. The monoisotopic (exact) mass is 211 g/mol. The summed E-state index contributed by atoms with van der Waals surface area (Å²) in [4.78, 5) is 15.6. The van der Waals surface area contributed by atoms with Gasteiger partial charge in [-0.3, -0.25) is 0 Å². The van der Waals surface area contributed by atoms with Gasteiger partial charge in [-0.05, 0) is 32.6 Å². The van der Waals surface area contributed by atoms with Crippen LogP contribution in [0.15, 0.2) is 5.38 Å². The molecule has 2 rings (SSSR count). The third kappa shape index (κ3) is 2.12. The normalized spacial score (nSPS) is 17.9. The minimum Gasteiger partial charge on any atom is -0.458 e. The van der Waals surface area contributed by atoms with Crippen molar-refractivity contribution >= 4 is 17.3 Å². The Bertz CT molecular complexity index is 344. The molecule has 0 bridgehead atoms. The molecular formula is C10H13NO2S. The van der Waals surface area contributed by atoms with Crippen LogP contribution in [0.2, 0.25) is 0 Å². The number of hydrogen-bond acceptors (Lipinski definition) is 4. The molecule has 0 amide bonds. The van der Waals surface area contributed by atoms with Crippen LogP contribution in [0.4, 0.5) is 0 Å². The van der Waals surface area contributed by atoms with Gasteiger partial charge in [0.2, 0.25) is 0 Å². The van der Waals surface area contributed by atoms with Crippen molar-refractivity contribution in [2.24, 2.45) is 5.92 Å². The van der Waals surface area contributed by atoms with E-state index in [-0.39, 0.29) is 12.1 Å². The van der Waals surface area contributed by atoms with Crippen LogP contribution in [0.3, 0.4) is 0 Å². The van der Waals surface area contributed by atoms with Gasteiger partial charge in [0.15, 0.2) is 5.69 Å². The van der Waals surface area contributed by atoms with E-state index in [1.165, 1.54) is 24.2 Å². The summed E-state index contributed by atoms with van der Waals surface area (Å²) in [5.41, 5.74) is 0.444. The van der Waals surface area contributed by atoms with Gasteiger partial charge in [-0.2, -0.15) is 0 Å². The predicted octanol–water partition coefficient (Wildman–Crippen LogP) is 2.41. The molecule has 1 aromatic rings. The first-order chi connectivity index (χ1) is 6.66. The van der Waals surface area contributed by atoms with E-state index in [0.29, 0.717) is 11.6 Å². The van der Waals surface area contributed by atoms with E-state index in [1.54, 1.807) is 5.38 Å². The summed E-state index contributed by atoms with van der Waals surface area (Å²) in [7, 11) is 0. The molecule has 0 unspecified atom stereocenters. The summed E-state index contributed by atoms with van der Waals surface area (Å²) < 4.78 is 5.28. The Morgan fingerprint density at radius 1 is 1.71 bits per heavy atom. The molecule has 0 aliphatic heterocycles. The average molecular weight is 211 g/mol. The molecule has 1 heterocycles. The molecule has 1 aliphatic rings. The summed E-state index contributed by atoms with van der Waals surface area (Å²) in [5, 5.41) is 2.65. The van der Waals surface area contributed by atoms with Crippen LogP contribution >= 0.6 is 11.3 Å². The van der Waals surface area contributed by atoms with Crippen LogP contribution in [0.5, 0.6) is 0 Å². The highest BCUT2D eigenvalue weighted by Crippen LogP contribution is 2.34. The maximum Gasteiger partial charge on any atom is 0.358 e. The Kier molecular flexibility index (Phi) is 2.54. The number of rotatable bonds is 3. The summed E-state index contributed by atoms with van der Waals surface area (Å²) in [6.07, 6.45) is 2.42. The molecule has 3 nitrogen and oxygen atoms in total. The number of esters is 1. The molecule has 14 heavy (non-hydrogen) atoms. The number of thiazole rings is 1. The van der Waals surface area contributed by atoms with Gasteiger partial charge in [-0.25, -0.2) is 9.78 Å². The van der Waals surface area contributed by atoms with Crippen molar-refractivity contribution in [2.45, 2.75) is 32.8 Å². The number of aryl methyl sites for hydroxylation is 1. The number of carbonyl (C=O) groups is 1. The lowest BCUT2D eigenvalue weighted by atomic mass is 10.3. The van der Waals surface area contributed by atoms with Crippen molar-refractivity contribution in [2.75, 3.05) is 0 Å². The Morgan fingerprint density at radius 2 is 2.43 bits per heavy atom. The van der Waals surface area contributed by atoms with Gasteiger partial charge in [-0.1, -0.05) is 0 Å². The predicted molar refractivity (Wildman–Crippen MR) is 54.5 cm³/mol. The molecule has 1 atom stereocenters. The van der Waals surface area contributed by atoms with Crippen molar-refractivity contribution < 1.29 is 9.53 Å². The minimum atomic E-state index is -0.284. The number of carbonyl (C=O) groups excluding carboxylic acids is 1. The highest BCUT2D eigenvalue weighted by Gasteiger charge is 2.31. The lowest BCUT2D eigenvalue weighted by Crippen LogP contribution is -2.17. The van der Waals surface area contributed by atoms with Crippen molar-refractivity contribution in [3.05, 3.63) is 16.1 Å². The number of ether oxygens (including phenoxy) is 1.